The van der Waals surface area contributed by atoms with Gasteiger partial charge in [-0.1, -0.05) is 41.9 Å². The van der Waals surface area contributed by atoms with Gasteiger partial charge < -0.3 is 5.32 Å². The fraction of sp³-hybridized carbons (Fsp3) is 0.118. The maximum atomic E-state index is 11.7. The Balaban J connectivity index is 1.72. The Bertz CT molecular complexity index is 685. The Morgan fingerprint density at radius 3 is 2.39 bits per heavy atom. The fourth-order valence-corrected chi connectivity index (χ4v) is 1.94. The number of carbonyl (C=O) groups excluding carboxylic acids is 2. The second-order valence-corrected chi connectivity index (χ2v) is 5.17. The molecule has 2 N–H and O–H groups in total. The van der Waals surface area contributed by atoms with Crippen molar-refractivity contribution in [2.45, 2.75) is 12.8 Å². The summed E-state index contributed by atoms with van der Waals surface area (Å²) in [6, 6.07) is 16.4. The molecule has 23 heavy (non-hydrogen) atoms. The molecule has 0 bridgehead atoms. The van der Waals surface area contributed by atoms with E-state index in [1.807, 2.05) is 30.3 Å². The summed E-state index contributed by atoms with van der Waals surface area (Å²) in [5.41, 5.74) is 3.87. The zero-order chi connectivity index (χ0) is 16.5. The van der Waals surface area contributed by atoms with Crippen molar-refractivity contribution in [3.63, 3.8) is 0 Å². The van der Waals surface area contributed by atoms with Crippen molar-refractivity contribution in [3.05, 3.63) is 65.2 Å². The highest BCUT2D eigenvalue weighted by atomic mass is 35.5. The summed E-state index contributed by atoms with van der Waals surface area (Å²) in [7, 11) is 0. The van der Waals surface area contributed by atoms with Gasteiger partial charge in [0.25, 0.3) is 0 Å². The van der Waals surface area contributed by atoms with Crippen LogP contribution in [0.2, 0.25) is 5.02 Å². The van der Waals surface area contributed by atoms with Gasteiger partial charge in [-0.3, -0.25) is 9.59 Å². The monoisotopic (exact) mass is 329 g/mol. The summed E-state index contributed by atoms with van der Waals surface area (Å²) >= 11 is 5.74. The van der Waals surface area contributed by atoms with Crippen LogP contribution in [0.3, 0.4) is 0 Å². The molecule has 0 saturated heterocycles. The zero-order valence-electron chi connectivity index (χ0n) is 12.3. The standard InChI is InChI=1S/C17H16ClN3O2/c18-14-8-10-15(11-9-14)20-16(22)17(23)21-19-12-4-7-13-5-2-1-3-6-13/h1-3,5-6,8-12H,4,7H2,(H,20,22)(H,21,23)/b19-12+. The predicted octanol–water partition coefficient (Wildman–Crippen LogP) is 3.01. The Kier molecular flexibility index (Phi) is 6.32. The number of benzene rings is 2. The van der Waals surface area contributed by atoms with E-state index in [0.717, 1.165) is 6.42 Å². The number of halogens is 1. The molecule has 0 saturated carbocycles. The van der Waals surface area contributed by atoms with Crippen LogP contribution in [0.25, 0.3) is 0 Å². The first kappa shape index (κ1) is 16.7. The molecule has 0 spiro atoms. The number of amides is 2. The highest BCUT2D eigenvalue weighted by Gasteiger charge is 2.12. The van der Waals surface area contributed by atoms with Gasteiger partial charge in [-0.25, -0.2) is 5.43 Å². The molecular weight excluding hydrogens is 314 g/mol. The van der Waals surface area contributed by atoms with E-state index in [-0.39, 0.29) is 0 Å². The molecule has 2 aromatic carbocycles. The molecule has 2 rings (SSSR count). The van der Waals surface area contributed by atoms with E-state index in [4.69, 9.17) is 11.6 Å². The second kappa shape index (κ2) is 8.70. The van der Waals surface area contributed by atoms with E-state index in [2.05, 4.69) is 15.8 Å². The molecule has 6 heteroatoms. The number of rotatable bonds is 5. The molecule has 0 atom stereocenters. The smallest absolute Gasteiger partial charge is 0.318 e. The van der Waals surface area contributed by atoms with Crippen LogP contribution in [-0.2, 0) is 16.0 Å². The van der Waals surface area contributed by atoms with E-state index in [1.165, 1.54) is 5.56 Å². The molecular formula is C17H16ClN3O2. The molecule has 0 fully saturated rings. The number of nitrogens with one attached hydrogen (secondary N) is 2. The molecule has 0 unspecified atom stereocenters. The van der Waals surface area contributed by atoms with Gasteiger partial charge in [-0.2, -0.15) is 5.10 Å². The summed E-state index contributed by atoms with van der Waals surface area (Å²) in [6.45, 7) is 0. The molecule has 0 aromatic heterocycles. The Hall–Kier alpha value is -2.66. The van der Waals surface area contributed by atoms with Gasteiger partial charge in [0.05, 0.1) is 0 Å². The van der Waals surface area contributed by atoms with Crippen LogP contribution < -0.4 is 10.7 Å². The Morgan fingerprint density at radius 2 is 1.70 bits per heavy atom. The average molecular weight is 330 g/mol. The molecule has 0 aliphatic heterocycles. The largest absolute Gasteiger partial charge is 0.329 e. The van der Waals surface area contributed by atoms with Crippen LogP contribution in [0, 0.1) is 0 Å². The zero-order valence-corrected chi connectivity index (χ0v) is 13.1. The van der Waals surface area contributed by atoms with Crippen molar-refractivity contribution in [2.75, 3.05) is 5.32 Å². The molecule has 0 aliphatic carbocycles. The second-order valence-electron chi connectivity index (χ2n) is 4.74. The lowest BCUT2D eigenvalue weighted by atomic mass is 10.1. The maximum Gasteiger partial charge on any atom is 0.329 e. The van der Waals surface area contributed by atoms with Gasteiger partial charge in [-0.15, -0.1) is 0 Å². The summed E-state index contributed by atoms with van der Waals surface area (Å²) in [5, 5.41) is 6.76. The Morgan fingerprint density at radius 1 is 1.00 bits per heavy atom. The lowest BCUT2D eigenvalue weighted by Gasteiger charge is -2.03. The van der Waals surface area contributed by atoms with Crippen LogP contribution in [0.15, 0.2) is 59.7 Å². The van der Waals surface area contributed by atoms with Crippen molar-refractivity contribution in [1.82, 2.24) is 5.43 Å². The lowest BCUT2D eigenvalue weighted by molar-refractivity contribution is -0.136. The predicted molar refractivity (Wildman–Crippen MR) is 91.5 cm³/mol. The molecule has 2 aromatic rings. The van der Waals surface area contributed by atoms with E-state index < -0.39 is 11.8 Å². The van der Waals surface area contributed by atoms with Gasteiger partial charge in [0.1, 0.15) is 0 Å². The third kappa shape index (κ3) is 5.92. The number of anilines is 1. The van der Waals surface area contributed by atoms with Crippen LogP contribution in [0.5, 0.6) is 0 Å². The first-order chi connectivity index (χ1) is 11.1. The molecule has 0 aliphatic rings. The topological polar surface area (TPSA) is 70.6 Å². The normalized spacial score (nSPS) is 10.5. The fourth-order valence-electron chi connectivity index (χ4n) is 1.82. The van der Waals surface area contributed by atoms with Gasteiger partial charge in [0.2, 0.25) is 0 Å². The summed E-state index contributed by atoms with van der Waals surface area (Å²) in [6.07, 6.45) is 3.06. The van der Waals surface area contributed by atoms with E-state index in [9.17, 15) is 9.59 Å². The number of nitrogens with zero attached hydrogens (tertiary/aromatic N) is 1. The Labute approximate surface area is 139 Å². The molecule has 0 radical (unpaired) electrons. The maximum absolute atomic E-state index is 11.7. The number of hydrogen-bond donors (Lipinski definition) is 2. The van der Waals surface area contributed by atoms with Crippen molar-refractivity contribution in [3.8, 4) is 0 Å². The van der Waals surface area contributed by atoms with Crippen LogP contribution >= 0.6 is 11.6 Å². The van der Waals surface area contributed by atoms with Gasteiger partial charge >= 0.3 is 11.8 Å². The van der Waals surface area contributed by atoms with Gasteiger partial charge in [-0.05, 0) is 42.7 Å². The van der Waals surface area contributed by atoms with Crippen LogP contribution in [0.4, 0.5) is 5.69 Å². The van der Waals surface area contributed by atoms with Crippen molar-refractivity contribution in [2.24, 2.45) is 5.10 Å². The number of hydrazone groups is 1. The quantitative estimate of drug-likeness (QED) is 0.503. The molecule has 0 heterocycles. The average Bonchev–Trinajstić information content (AvgIpc) is 2.57. The third-order valence-electron chi connectivity index (χ3n) is 2.97. The minimum Gasteiger partial charge on any atom is -0.318 e. The molecule has 5 nitrogen and oxygen atoms in total. The van der Waals surface area contributed by atoms with Crippen molar-refractivity contribution < 1.29 is 9.59 Å². The first-order valence-corrected chi connectivity index (χ1v) is 7.45. The molecule has 2 amide bonds. The van der Waals surface area contributed by atoms with E-state index in [1.54, 1.807) is 30.5 Å². The van der Waals surface area contributed by atoms with Crippen molar-refractivity contribution in [1.29, 1.82) is 0 Å². The number of hydrogen-bond acceptors (Lipinski definition) is 3. The first-order valence-electron chi connectivity index (χ1n) is 7.07. The number of aryl methyl sites for hydroxylation is 1. The minimum atomic E-state index is -0.823. The van der Waals surface area contributed by atoms with Crippen LogP contribution in [-0.4, -0.2) is 18.0 Å². The SMILES string of the molecule is O=C(N/N=C/CCc1ccccc1)C(=O)Nc1ccc(Cl)cc1. The molecule has 118 valence electrons. The van der Waals surface area contributed by atoms with Crippen LogP contribution in [0.1, 0.15) is 12.0 Å². The highest BCUT2D eigenvalue weighted by Crippen LogP contribution is 2.13. The van der Waals surface area contributed by atoms with E-state index >= 15 is 0 Å². The highest BCUT2D eigenvalue weighted by molar-refractivity contribution is 6.39. The summed E-state index contributed by atoms with van der Waals surface area (Å²) in [5.74, 6) is -1.61. The van der Waals surface area contributed by atoms with E-state index in [0.29, 0.717) is 17.1 Å². The summed E-state index contributed by atoms with van der Waals surface area (Å²) < 4.78 is 0. The van der Waals surface area contributed by atoms with Gasteiger partial charge in [0.15, 0.2) is 0 Å². The number of carbonyl (C=O) groups is 2. The van der Waals surface area contributed by atoms with Crippen molar-refractivity contribution >= 4 is 35.3 Å². The van der Waals surface area contributed by atoms with Gasteiger partial charge in [0, 0.05) is 16.9 Å². The minimum absolute atomic E-state index is 0.489. The lowest BCUT2D eigenvalue weighted by Crippen LogP contribution is -2.32. The third-order valence-corrected chi connectivity index (χ3v) is 3.22. The summed E-state index contributed by atoms with van der Waals surface area (Å²) in [4.78, 5) is 23.2.